The molecule has 1 unspecified atom stereocenters. The van der Waals surface area contributed by atoms with E-state index in [4.69, 9.17) is 9.47 Å². The number of carbonyl (C=O) groups excluding carboxylic acids is 1. The molecule has 0 aliphatic carbocycles. The number of carbonyl (C=O) groups is 1. The summed E-state index contributed by atoms with van der Waals surface area (Å²) in [5, 5.41) is 0. The lowest BCUT2D eigenvalue weighted by Crippen LogP contribution is -2.39. The van der Waals surface area contributed by atoms with Crippen LogP contribution in [0.5, 0.6) is 0 Å². The van der Waals surface area contributed by atoms with E-state index in [9.17, 15) is 13.2 Å². The van der Waals surface area contributed by atoms with Crippen molar-refractivity contribution >= 4 is 27.6 Å². The van der Waals surface area contributed by atoms with Crippen LogP contribution in [0.4, 0.5) is 16.4 Å². The maximum absolute atomic E-state index is 12.3. The number of piperidine rings is 1. The fourth-order valence-corrected chi connectivity index (χ4v) is 4.72. The van der Waals surface area contributed by atoms with Gasteiger partial charge >= 0.3 is 6.09 Å². The first-order chi connectivity index (χ1) is 15.8. The first kappa shape index (κ1) is 23.4. The maximum atomic E-state index is 12.3. The molecule has 4 rings (SSSR count). The first-order valence-electron chi connectivity index (χ1n) is 11.3. The van der Waals surface area contributed by atoms with Crippen molar-refractivity contribution in [1.82, 2.24) is 9.97 Å². The van der Waals surface area contributed by atoms with Gasteiger partial charge in [0.15, 0.2) is 9.84 Å². The number of aryl methyl sites for hydroxylation is 1. The molecule has 178 valence electrons. The minimum Gasteiger partial charge on any atom is -0.441 e. The van der Waals surface area contributed by atoms with Crippen molar-refractivity contribution in [2.75, 3.05) is 42.3 Å². The quantitative estimate of drug-likeness (QED) is 0.576. The number of anilines is 2. The molecule has 3 heterocycles. The van der Waals surface area contributed by atoms with Gasteiger partial charge in [-0.2, -0.15) is 0 Å². The van der Waals surface area contributed by atoms with Gasteiger partial charge in [-0.15, -0.1) is 0 Å². The van der Waals surface area contributed by atoms with Gasteiger partial charge in [-0.3, -0.25) is 4.90 Å². The highest BCUT2D eigenvalue weighted by Gasteiger charge is 2.33. The molecule has 0 bridgehead atoms. The Hall–Kier alpha value is -2.72. The van der Waals surface area contributed by atoms with Crippen LogP contribution >= 0.6 is 0 Å². The van der Waals surface area contributed by atoms with E-state index in [2.05, 4.69) is 21.8 Å². The predicted molar refractivity (Wildman–Crippen MR) is 124 cm³/mol. The van der Waals surface area contributed by atoms with E-state index in [0.717, 1.165) is 56.5 Å². The Bertz CT molecular complexity index is 1050. The van der Waals surface area contributed by atoms with Crippen LogP contribution < -0.4 is 9.80 Å². The Labute approximate surface area is 194 Å². The van der Waals surface area contributed by atoms with E-state index >= 15 is 0 Å². The normalized spacial score (nSPS) is 19.7. The minimum atomic E-state index is -3.28. The van der Waals surface area contributed by atoms with Crippen molar-refractivity contribution in [3.05, 3.63) is 42.2 Å². The van der Waals surface area contributed by atoms with Gasteiger partial charge in [0, 0.05) is 37.4 Å². The molecule has 2 fully saturated rings. The zero-order valence-electron chi connectivity index (χ0n) is 19.0. The predicted octanol–water partition coefficient (Wildman–Crippen LogP) is 2.84. The summed E-state index contributed by atoms with van der Waals surface area (Å²) in [6.07, 6.45) is 8.04. The Balaban J connectivity index is 1.24. The summed E-state index contributed by atoms with van der Waals surface area (Å²) < 4.78 is 34.7. The van der Waals surface area contributed by atoms with Crippen molar-refractivity contribution in [2.45, 2.75) is 49.7 Å². The van der Waals surface area contributed by atoms with Crippen LogP contribution in [0.3, 0.4) is 0 Å². The Kier molecular flexibility index (Phi) is 7.14. The van der Waals surface area contributed by atoms with Crippen LogP contribution in [0.15, 0.2) is 41.6 Å². The lowest BCUT2D eigenvalue weighted by molar-refractivity contribution is -0.00996. The van der Waals surface area contributed by atoms with Gasteiger partial charge in [-0.05, 0) is 49.1 Å². The number of hydrogen-bond acceptors (Lipinski definition) is 8. The molecule has 0 radical (unpaired) electrons. The number of aromatic nitrogens is 2. The van der Waals surface area contributed by atoms with Gasteiger partial charge in [0.2, 0.25) is 5.95 Å². The van der Waals surface area contributed by atoms with Gasteiger partial charge < -0.3 is 14.4 Å². The Morgan fingerprint density at radius 2 is 1.79 bits per heavy atom. The molecule has 33 heavy (non-hydrogen) atoms. The van der Waals surface area contributed by atoms with Gasteiger partial charge in [0.1, 0.15) is 6.10 Å². The fraction of sp³-hybridized carbons (Fsp3) is 0.522. The average molecular weight is 475 g/mol. The molecule has 2 aliphatic heterocycles. The van der Waals surface area contributed by atoms with Crippen LogP contribution in [0.2, 0.25) is 0 Å². The molecule has 2 saturated heterocycles. The second-order valence-electron chi connectivity index (χ2n) is 8.54. The number of hydrogen-bond donors (Lipinski definition) is 0. The zero-order valence-corrected chi connectivity index (χ0v) is 19.8. The highest BCUT2D eigenvalue weighted by Crippen LogP contribution is 2.25. The average Bonchev–Trinajstić information content (AvgIpc) is 3.19. The van der Waals surface area contributed by atoms with Crippen LogP contribution in [0, 0.1) is 0 Å². The number of sulfone groups is 1. The first-order valence-corrected chi connectivity index (χ1v) is 13.2. The van der Waals surface area contributed by atoms with Crippen molar-refractivity contribution in [1.29, 1.82) is 0 Å². The van der Waals surface area contributed by atoms with Gasteiger partial charge in [-0.25, -0.2) is 23.2 Å². The number of nitrogens with zero attached hydrogens (tertiary/aromatic N) is 4. The largest absolute Gasteiger partial charge is 0.441 e. The van der Waals surface area contributed by atoms with E-state index in [-0.39, 0.29) is 17.1 Å². The van der Waals surface area contributed by atoms with E-state index < -0.39 is 15.9 Å². The summed E-state index contributed by atoms with van der Waals surface area (Å²) in [5.41, 5.74) is 1.76. The third kappa shape index (κ3) is 5.80. The third-order valence-corrected chi connectivity index (χ3v) is 7.05. The molecule has 0 spiro atoms. The molecule has 1 aromatic carbocycles. The number of benzene rings is 1. The van der Waals surface area contributed by atoms with Crippen molar-refractivity contribution < 1.29 is 22.7 Å². The van der Waals surface area contributed by atoms with Crippen molar-refractivity contribution in [2.24, 2.45) is 0 Å². The lowest BCUT2D eigenvalue weighted by Gasteiger charge is -2.32. The lowest BCUT2D eigenvalue weighted by atomic mass is 10.1. The van der Waals surface area contributed by atoms with Crippen molar-refractivity contribution in [3.8, 4) is 0 Å². The molecule has 2 aromatic rings. The van der Waals surface area contributed by atoms with Crippen LogP contribution in [-0.2, 0) is 25.7 Å². The monoisotopic (exact) mass is 474 g/mol. The summed E-state index contributed by atoms with van der Waals surface area (Å²) in [7, 11) is -3.28. The van der Waals surface area contributed by atoms with Crippen LogP contribution in [0.1, 0.15) is 31.7 Å². The molecule has 0 N–H and O–H groups in total. The molecular formula is C23H30N4O5S. The van der Waals surface area contributed by atoms with Gasteiger partial charge in [-0.1, -0.05) is 13.3 Å². The Morgan fingerprint density at radius 3 is 2.39 bits per heavy atom. The summed E-state index contributed by atoms with van der Waals surface area (Å²) in [5.74, 6) is 0.760. The zero-order chi connectivity index (χ0) is 23.4. The van der Waals surface area contributed by atoms with Crippen LogP contribution in [0.25, 0.3) is 0 Å². The van der Waals surface area contributed by atoms with Crippen molar-refractivity contribution in [3.63, 3.8) is 0 Å². The smallest absolute Gasteiger partial charge is 0.414 e. The number of amides is 1. The maximum Gasteiger partial charge on any atom is 0.414 e. The van der Waals surface area contributed by atoms with Gasteiger partial charge in [0.05, 0.1) is 24.2 Å². The standard InChI is InChI=1S/C23H30N4O5S/c1-3-4-17-13-24-22(25-14-17)26-11-9-19(10-12-26)31-16-20-15-27(23(28)32-20)18-5-7-21(8-6-18)33(2,29)30/h5-8,13-14,19-20H,3-4,9-12,15-16H2,1-2H3. The van der Waals surface area contributed by atoms with Crippen LogP contribution in [-0.4, -0.2) is 69.2 Å². The molecule has 1 atom stereocenters. The number of cyclic esters (lactones) is 1. The SMILES string of the molecule is CCCc1cnc(N2CCC(OCC3CN(c4ccc(S(C)(=O)=O)cc4)C(=O)O3)CC2)nc1. The minimum absolute atomic E-state index is 0.0995. The molecule has 10 heteroatoms. The van der Waals surface area contributed by atoms with E-state index in [1.807, 2.05) is 12.4 Å². The topological polar surface area (TPSA) is 102 Å². The van der Waals surface area contributed by atoms with Gasteiger partial charge in [0.25, 0.3) is 0 Å². The second-order valence-corrected chi connectivity index (χ2v) is 10.6. The fourth-order valence-electron chi connectivity index (χ4n) is 4.09. The van der Waals surface area contributed by atoms with E-state index in [0.29, 0.717) is 18.8 Å². The highest BCUT2D eigenvalue weighted by molar-refractivity contribution is 7.90. The number of rotatable bonds is 8. The molecule has 1 amide bonds. The molecule has 2 aliphatic rings. The summed E-state index contributed by atoms with van der Waals surface area (Å²) in [4.78, 5) is 25.2. The summed E-state index contributed by atoms with van der Waals surface area (Å²) >= 11 is 0. The summed E-state index contributed by atoms with van der Waals surface area (Å²) in [6.45, 7) is 4.48. The Morgan fingerprint density at radius 1 is 1.12 bits per heavy atom. The second kappa shape index (κ2) is 10.0. The molecule has 1 aromatic heterocycles. The molecule has 0 saturated carbocycles. The molecule has 9 nitrogen and oxygen atoms in total. The summed E-state index contributed by atoms with van der Waals surface area (Å²) in [6, 6.07) is 6.23. The van der Waals surface area contributed by atoms with E-state index in [1.165, 1.54) is 17.0 Å². The highest BCUT2D eigenvalue weighted by atomic mass is 32.2. The third-order valence-electron chi connectivity index (χ3n) is 5.92. The van der Waals surface area contributed by atoms with E-state index in [1.54, 1.807) is 12.1 Å². The molecular weight excluding hydrogens is 444 g/mol. The number of ether oxygens (including phenoxy) is 2.